The molecule has 1 spiro atoms. The van der Waals surface area contributed by atoms with Crippen LogP contribution in [-0.4, -0.2) is 40.4 Å². The predicted octanol–water partition coefficient (Wildman–Crippen LogP) is 1.65. The average Bonchev–Trinajstić information content (AvgIpc) is 2.86. The molecule has 1 aliphatic heterocycles. The van der Waals surface area contributed by atoms with Crippen LogP contribution >= 0.6 is 0 Å². The van der Waals surface area contributed by atoms with E-state index >= 15 is 0 Å². The summed E-state index contributed by atoms with van der Waals surface area (Å²) >= 11 is 0. The number of amides is 1. The van der Waals surface area contributed by atoms with Crippen molar-refractivity contribution in [1.29, 1.82) is 0 Å². The van der Waals surface area contributed by atoms with E-state index in [-0.39, 0.29) is 18.1 Å². The molecule has 0 radical (unpaired) electrons. The molecular weight excluding hydrogens is 230 g/mol. The van der Waals surface area contributed by atoms with Crippen molar-refractivity contribution in [3.05, 3.63) is 0 Å². The quantitative estimate of drug-likeness (QED) is 0.732. The summed E-state index contributed by atoms with van der Waals surface area (Å²) in [5, 5.41) is 8.71. The van der Waals surface area contributed by atoms with Crippen LogP contribution in [0.1, 0.15) is 57.8 Å². The second-order valence-corrected chi connectivity index (χ2v) is 5.62. The van der Waals surface area contributed by atoms with E-state index in [2.05, 4.69) is 0 Å². The number of carbonyl (C=O) groups excluding carboxylic acids is 2. The Hall–Kier alpha value is -0.900. The SMILES string of the molecule is O=C1CCC2(CCC(=O)N2CCCCCCO)C1. The average molecular weight is 253 g/mol. The largest absolute Gasteiger partial charge is 0.396 e. The summed E-state index contributed by atoms with van der Waals surface area (Å²) in [5.74, 6) is 0.543. The van der Waals surface area contributed by atoms with Gasteiger partial charge in [-0.15, -0.1) is 0 Å². The van der Waals surface area contributed by atoms with Crippen LogP contribution in [0.4, 0.5) is 0 Å². The number of rotatable bonds is 6. The van der Waals surface area contributed by atoms with Crippen molar-refractivity contribution < 1.29 is 14.7 Å². The molecule has 1 saturated heterocycles. The molecule has 18 heavy (non-hydrogen) atoms. The minimum Gasteiger partial charge on any atom is -0.396 e. The maximum absolute atomic E-state index is 11.9. The molecule has 2 rings (SSSR count). The molecule has 0 aromatic carbocycles. The summed E-state index contributed by atoms with van der Waals surface area (Å²) in [7, 11) is 0. The van der Waals surface area contributed by atoms with Crippen molar-refractivity contribution in [1.82, 2.24) is 4.90 Å². The van der Waals surface area contributed by atoms with E-state index in [9.17, 15) is 9.59 Å². The number of carbonyl (C=O) groups is 2. The Morgan fingerprint density at radius 2 is 1.78 bits per heavy atom. The first-order valence-electron chi connectivity index (χ1n) is 7.11. The van der Waals surface area contributed by atoms with Crippen LogP contribution in [0.2, 0.25) is 0 Å². The Labute approximate surface area is 108 Å². The summed E-state index contributed by atoms with van der Waals surface area (Å²) in [4.78, 5) is 25.4. The lowest BCUT2D eigenvalue weighted by Gasteiger charge is -2.34. The Morgan fingerprint density at radius 1 is 1.06 bits per heavy atom. The van der Waals surface area contributed by atoms with Crippen LogP contribution in [0, 0.1) is 0 Å². The molecule has 1 heterocycles. The zero-order chi connectivity index (χ0) is 13.0. The number of ketones is 1. The molecule has 2 aliphatic rings. The van der Waals surface area contributed by atoms with E-state index in [1.54, 1.807) is 0 Å². The fraction of sp³-hybridized carbons (Fsp3) is 0.857. The fourth-order valence-electron chi connectivity index (χ4n) is 3.33. The second kappa shape index (κ2) is 5.83. The molecular formula is C14H23NO3. The molecule has 1 amide bonds. The van der Waals surface area contributed by atoms with Crippen molar-refractivity contribution in [3.8, 4) is 0 Å². The van der Waals surface area contributed by atoms with Crippen LogP contribution in [-0.2, 0) is 9.59 Å². The van der Waals surface area contributed by atoms with E-state index in [4.69, 9.17) is 5.11 Å². The minimum absolute atomic E-state index is 0.120. The number of likely N-dealkylation sites (tertiary alicyclic amines) is 1. The van der Waals surface area contributed by atoms with E-state index < -0.39 is 0 Å². The number of unbranched alkanes of at least 4 members (excludes halogenated alkanes) is 3. The lowest BCUT2D eigenvalue weighted by Crippen LogP contribution is -2.44. The van der Waals surface area contributed by atoms with Gasteiger partial charge in [-0.2, -0.15) is 0 Å². The van der Waals surface area contributed by atoms with Gasteiger partial charge in [0.05, 0.1) is 5.54 Å². The third-order valence-electron chi connectivity index (χ3n) is 4.36. The van der Waals surface area contributed by atoms with Gasteiger partial charge >= 0.3 is 0 Å². The van der Waals surface area contributed by atoms with Gasteiger partial charge in [0.25, 0.3) is 0 Å². The third kappa shape index (κ3) is 2.74. The summed E-state index contributed by atoms with van der Waals surface area (Å²) in [6.07, 6.45) is 7.48. The lowest BCUT2D eigenvalue weighted by atomic mass is 9.94. The second-order valence-electron chi connectivity index (χ2n) is 5.62. The normalized spacial score (nSPS) is 27.7. The van der Waals surface area contributed by atoms with Gasteiger partial charge in [-0.05, 0) is 25.7 Å². The van der Waals surface area contributed by atoms with Crippen molar-refractivity contribution in [2.45, 2.75) is 63.3 Å². The van der Waals surface area contributed by atoms with Gasteiger partial charge in [-0.25, -0.2) is 0 Å². The van der Waals surface area contributed by atoms with Crippen molar-refractivity contribution in [2.75, 3.05) is 13.2 Å². The van der Waals surface area contributed by atoms with Crippen LogP contribution in [0.5, 0.6) is 0 Å². The van der Waals surface area contributed by atoms with Crippen LogP contribution in [0.25, 0.3) is 0 Å². The van der Waals surface area contributed by atoms with Crippen LogP contribution in [0.15, 0.2) is 0 Å². The van der Waals surface area contributed by atoms with Gasteiger partial charge in [0.1, 0.15) is 5.78 Å². The first kappa shape index (κ1) is 13.5. The highest BCUT2D eigenvalue weighted by Gasteiger charge is 2.49. The van der Waals surface area contributed by atoms with Gasteiger partial charge < -0.3 is 10.0 Å². The van der Waals surface area contributed by atoms with Gasteiger partial charge in [-0.1, -0.05) is 12.8 Å². The van der Waals surface area contributed by atoms with Gasteiger partial charge in [-0.3, -0.25) is 9.59 Å². The molecule has 1 N–H and O–H groups in total. The highest BCUT2D eigenvalue weighted by molar-refractivity contribution is 5.87. The molecule has 0 bridgehead atoms. The highest BCUT2D eigenvalue weighted by Crippen LogP contribution is 2.42. The maximum Gasteiger partial charge on any atom is 0.223 e. The minimum atomic E-state index is -0.120. The number of Topliss-reactive ketones (excluding diaryl/α,β-unsaturated/α-hetero) is 1. The van der Waals surface area contributed by atoms with Gasteiger partial charge in [0.2, 0.25) is 5.91 Å². The van der Waals surface area contributed by atoms with Gasteiger partial charge in [0, 0.05) is 32.4 Å². The van der Waals surface area contributed by atoms with Crippen molar-refractivity contribution in [2.24, 2.45) is 0 Å². The first-order valence-corrected chi connectivity index (χ1v) is 7.11. The Kier molecular flexibility index (Phi) is 4.38. The van der Waals surface area contributed by atoms with E-state index in [0.717, 1.165) is 45.1 Å². The molecule has 1 saturated carbocycles. The number of hydrogen-bond donors (Lipinski definition) is 1. The van der Waals surface area contributed by atoms with Crippen molar-refractivity contribution in [3.63, 3.8) is 0 Å². The zero-order valence-corrected chi connectivity index (χ0v) is 11.0. The summed E-state index contributed by atoms with van der Waals surface area (Å²) in [6, 6.07) is 0. The van der Waals surface area contributed by atoms with E-state index in [0.29, 0.717) is 25.0 Å². The molecule has 1 aliphatic carbocycles. The Bertz CT molecular complexity index is 325. The first-order chi connectivity index (χ1) is 8.68. The van der Waals surface area contributed by atoms with Crippen LogP contribution < -0.4 is 0 Å². The predicted molar refractivity (Wildman–Crippen MR) is 68.1 cm³/mol. The standard InChI is InChI=1S/C14H23NO3/c16-10-4-2-1-3-9-15-13(18)6-8-14(15)7-5-12(17)11-14/h16H,1-11H2. The van der Waals surface area contributed by atoms with Gasteiger partial charge in [0.15, 0.2) is 0 Å². The number of hydrogen-bond acceptors (Lipinski definition) is 3. The molecule has 102 valence electrons. The molecule has 0 aromatic heterocycles. The summed E-state index contributed by atoms with van der Waals surface area (Å²) < 4.78 is 0. The molecule has 2 fully saturated rings. The molecule has 4 heteroatoms. The van der Waals surface area contributed by atoms with Crippen LogP contribution in [0.3, 0.4) is 0 Å². The zero-order valence-electron chi connectivity index (χ0n) is 11.0. The number of aliphatic hydroxyl groups excluding tert-OH is 1. The smallest absolute Gasteiger partial charge is 0.223 e. The fourth-order valence-corrected chi connectivity index (χ4v) is 3.33. The number of aliphatic hydroxyl groups is 1. The molecule has 1 unspecified atom stereocenters. The summed E-state index contributed by atoms with van der Waals surface area (Å²) in [6.45, 7) is 1.04. The molecule has 0 aromatic rings. The van der Waals surface area contributed by atoms with Crippen molar-refractivity contribution >= 4 is 11.7 Å². The highest BCUT2D eigenvalue weighted by atomic mass is 16.3. The monoisotopic (exact) mass is 253 g/mol. The molecule has 4 nitrogen and oxygen atoms in total. The Morgan fingerprint density at radius 3 is 2.44 bits per heavy atom. The number of nitrogens with zero attached hydrogens (tertiary/aromatic N) is 1. The third-order valence-corrected chi connectivity index (χ3v) is 4.36. The van der Waals surface area contributed by atoms with E-state index in [1.807, 2.05) is 4.90 Å². The maximum atomic E-state index is 11.9. The topological polar surface area (TPSA) is 57.6 Å². The van der Waals surface area contributed by atoms with E-state index in [1.165, 1.54) is 0 Å². The molecule has 1 atom stereocenters. The Balaban J connectivity index is 1.84. The lowest BCUT2D eigenvalue weighted by molar-refractivity contribution is -0.131. The summed E-state index contributed by atoms with van der Waals surface area (Å²) in [5.41, 5.74) is -0.120.